The van der Waals surface area contributed by atoms with Gasteiger partial charge in [-0.3, -0.25) is 0 Å². The van der Waals surface area contributed by atoms with E-state index in [4.69, 9.17) is 16.3 Å². The van der Waals surface area contributed by atoms with Gasteiger partial charge in [-0.1, -0.05) is 31.5 Å². The van der Waals surface area contributed by atoms with Crippen LogP contribution in [-0.4, -0.2) is 45.6 Å². The zero-order valence-electron chi connectivity index (χ0n) is 19.4. The van der Waals surface area contributed by atoms with Crippen molar-refractivity contribution >= 4 is 28.2 Å². The van der Waals surface area contributed by atoms with Crippen LogP contribution in [0, 0.1) is 12.7 Å². The summed E-state index contributed by atoms with van der Waals surface area (Å²) in [6, 6.07) is 4.78. The molecule has 0 saturated carbocycles. The third kappa shape index (κ3) is 3.88. The molecule has 0 bridgehead atoms. The third-order valence-corrected chi connectivity index (χ3v) is 6.91. The van der Waals surface area contributed by atoms with Crippen molar-refractivity contribution in [3.05, 3.63) is 58.3 Å². The van der Waals surface area contributed by atoms with Crippen molar-refractivity contribution in [2.24, 2.45) is 0 Å². The first kappa shape index (κ1) is 25.4. The van der Waals surface area contributed by atoms with Gasteiger partial charge in [0, 0.05) is 28.9 Å². The molecule has 2 aromatic carbocycles. The van der Waals surface area contributed by atoms with Crippen LogP contribution in [0.15, 0.2) is 30.5 Å². The number of methoxy groups -OCH3 is 1. The maximum atomic E-state index is 14.4. The number of nitrogens with one attached hydrogen (secondary N) is 1. The molecule has 11 heteroatoms. The minimum Gasteiger partial charge on any atom is -0.495 e. The normalized spacial score (nSPS) is 23.7. The molecule has 0 aliphatic heterocycles. The lowest BCUT2D eigenvalue weighted by molar-refractivity contribution is -0.330. The van der Waals surface area contributed by atoms with Crippen molar-refractivity contribution in [2.45, 2.75) is 50.0 Å². The first-order valence-corrected chi connectivity index (χ1v) is 11.1. The summed E-state index contributed by atoms with van der Waals surface area (Å²) in [4.78, 5) is 8.22. The first-order valence-electron chi connectivity index (χ1n) is 10.7. The largest absolute Gasteiger partial charge is 0.495 e. The third-order valence-electron chi connectivity index (χ3n) is 6.61. The molecule has 188 valence electrons. The SMILES string of the molecule is COc1c(Cl)ccc2c1C(C)(C)CC(O)(C(F)(F)F)C2(O)CNc1cc(F)cc2nc(C)ncc12. The number of halogens is 5. The number of hydrogen-bond donors (Lipinski definition) is 3. The molecule has 3 aromatic rings. The minimum absolute atomic E-state index is 0.0604. The maximum absolute atomic E-state index is 14.4. The number of rotatable bonds is 4. The fourth-order valence-corrected chi connectivity index (χ4v) is 5.24. The van der Waals surface area contributed by atoms with E-state index in [0.29, 0.717) is 11.2 Å². The number of aromatic nitrogens is 2. The summed E-state index contributed by atoms with van der Waals surface area (Å²) in [6.07, 6.45) is -4.69. The van der Waals surface area contributed by atoms with Gasteiger partial charge in [0.15, 0.2) is 5.60 Å². The number of hydrogen-bond acceptors (Lipinski definition) is 6. The topological polar surface area (TPSA) is 87.5 Å². The standard InChI is InChI=1S/C24H24ClF4N3O3/c1-12-30-9-14-17(7-13(26)8-18(14)32-12)31-11-22(33)15-5-6-16(25)20(35-4)19(15)21(2,3)10-23(22,34)24(27,28)29/h5-9,31,33-34H,10-11H2,1-4H3. The summed E-state index contributed by atoms with van der Waals surface area (Å²) in [5.74, 6) is -0.196. The Hall–Kier alpha value is -2.69. The van der Waals surface area contributed by atoms with E-state index in [1.807, 2.05) is 0 Å². The predicted molar refractivity (Wildman–Crippen MR) is 123 cm³/mol. The van der Waals surface area contributed by atoms with Crippen LogP contribution in [0.3, 0.4) is 0 Å². The molecule has 0 radical (unpaired) electrons. The van der Waals surface area contributed by atoms with Gasteiger partial charge in [-0.15, -0.1) is 0 Å². The van der Waals surface area contributed by atoms with Crippen LogP contribution in [0.2, 0.25) is 5.02 Å². The summed E-state index contributed by atoms with van der Waals surface area (Å²) in [5.41, 5.74) is -7.39. The second kappa shape index (κ2) is 8.18. The van der Waals surface area contributed by atoms with E-state index in [2.05, 4.69) is 15.3 Å². The van der Waals surface area contributed by atoms with Gasteiger partial charge in [-0.2, -0.15) is 13.2 Å². The summed E-state index contributed by atoms with van der Waals surface area (Å²) >= 11 is 6.25. The lowest BCUT2D eigenvalue weighted by Gasteiger charge is -2.53. The molecule has 2 atom stereocenters. The Balaban J connectivity index is 1.91. The lowest BCUT2D eigenvalue weighted by Crippen LogP contribution is -2.68. The van der Waals surface area contributed by atoms with Gasteiger partial charge in [0.05, 0.1) is 24.2 Å². The molecule has 3 N–H and O–H groups in total. The molecule has 1 heterocycles. The molecule has 0 spiro atoms. The summed E-state index contributed by atoms with van der Waals surface area (Å²) < 4.78 is 63.0. The fourth-order valence-electron chi connectivity index (χ4n) is 5.01. The molecule has 1 aromatic heterocycles. The number of nitrogens with zero attached hydrogens (tertiary/aromatic N) is 2. The first-order chi connectivity index (χ1) is 16.1. The Morgan fingerprint density at radius 1 is 1.20 bits per heavy atom. The molecular formula is C24H24ClF4N3O3. The molecule has 4 rings (SSSR count). The number of fused-ring (bicyclic) bond motifs is 2. The van der Waals surface area contributed by atoms with Gasteiger partial charge >= 0.3 is 6.18 Å². The zero-order chi connectivity index (χ0) is 26.0. The predicted octanol–water partition coefficient (Wildman–Crippen LogP) is 5.01. The number of benzene rings is 2. The van der Waals surface area contributed by atoms with Crippen molar-refractivity contribution in [3.63, 3.8) is 0 Å². The number of anilines is 1. The fraction of sp³-hybridized carbons (Fsp3) is 0.417. The molecule has 1 aliphatic rings. The number of aliphatic hydroxyl groups is 2. The second-order valence-corrected chi connectivity index (χ2v) is 9.85. The Morgan fingerprint density at radius 3 is 2.51 bits per heavy atom. The average molecular weight is 514 g/mol. The maximum Gasteiger partial charge on any atom is 0.420 e. The summed E-state index contributed by atoms with van der Waals surface area (Å²) in [7, 11) is 1.32. The highest BCUT2D eigenvalue weighted by Gasteiger charge is 2.71. The highest BCUT2D eigenvalue weighted by atomic mass is 35.5. The highest BCUT2D eigenvalue weighted by Crippen LogP contribution is 2.59. The summed E-state index contributed by atoms with van der Waals surface area (Å²) in [5, 5.41) is 26.0. The van der Waals surface area contributed by atoms with Crippen LogP contribution in [-0.2, 0) is 11.0 Å². The van der Waals surface area contributed by atoms with Crippen molar-refractivity contribution in [2.75, 3.05) is 19.0 Å². The van der Waals surface area contributed by atoms with Crippen molar-refractivity contribution in [3.8, 4) is 5.75 Å². The van der Waals surface area contributed by atoms with Crippen LogP contribution in [0.5, 0.6) is 5.75 Å². The Labute approximate surface area is 203 Å². The van der Waals surface area contributed by atoms with Crippen molar-refractivity contribution in [1.82, 2.24) is 9.97 Å². The molecule has 0 fully saturated rings. The van der Waals surface area contributed by atoms with Crippen LogP contribution in [0.25, 0.3) is 10.9 Å². The van der Waals surface area contributed by atoms with E-state index in [0.717, 1.165) is 6.07 Å². The van der Waals surface area contributed by atoms with E-state index in [1.165, 1.54) is 45.4 Å². The van der Waals surface area contributed by atoms with E-state index in [9.17, 15) is 27.8 Å². The van der Waals surface area contributed by atoms with Gasteiger partial charge in [0.2, 0.25) is 0 Å². The van der Waals surface area contributed by atoms with Gasteiger partial charge in [-0.25, -0.2) is 14.4 Å². The van der Waals surface area contributed by atoms with Crippen LogP contribution >= 0.6 is 11.6 Å². The van der Waals surface area contributed by atoms with Crippen molar-refractivity contribution in [1.29, 1.82) is 0 Å². The summed E-state index contributed by atoms with van der Waals surface area (Å²) in [6.45, 7) is 3.81. The molecule has 0 amide bonds. The minimum atomic E-state index is -5.21. The molecular weight excluding hydrogens is 490 g/mol. The number of alkyl halides is 3. The Morgan fingerprint density at radius 2 is 1.89 bits per heavy atom. The molecule has 0 saturated heterocycles. The van der Waals surface area contributed by atoms with Crippen LogP contribution < -0.4 is 10.1 Å². The monoisotopic (exact) mass is 513 g/mol. The Bertz CT molecular complexity index is 1310. The average Bonchev–Trinajstić information content (AvgIpc) is 2.74. The van der Waals surface area contributed by atoms with E-state index in [-0.39, 0.29) is 33.1 Å². The number of aryl methyl sites for hydroxylation is 1. The second-order valence-electron chi connectivity index (χ2n) is 9.44. The number of ether oxygens (including phenoxy) is 1. The van der Waals surface area contributed by atoms with Gasteiger partial charge < -0.3 is 20.3 Å². The molecule has 1 aliphatic carbocycles. The molecule has 6 nitrogen and oxygen atoms in total. The molecule has 35 heavy (non-hydrogen) atoms. The smallest absolute Gasteiger partial charge is 0.420 e. The van der Waals surface area contributed by atoms with Gasteiger partial charge in [-0.05, 0) is 36.5 Å². The van der Waals surface area contributed by atoms with Crippen LogP contribution in [0.1, 0.15) is 37.2 Å². The van der Waals surface area contributed by atoms with Crippen molar-refractivity contribution < 1.29 is 32.5 Å². The van der Waals surface area contributed by atoms with E-state index in [1.54, 1.807) is 6.92 Å². The lowest BCUT2D eigenvalue weighted by atomic mass is 9.58. The van der Waals surface area contributed by atoms with Gasteiger partial charge in [0.1, 0.15) is 23.0 Å². The quantitative estimate of drug-likeness (QED) is 0.425. The van der Waals surface area contributed by atoms with Crippen LogP contribution in [0.4, 0.5) is 23.2 Å². The van der Waals surface area contributed by atoms with E-state index >= 15 is 0 Å². The van der Waals surface area contributed by atoms with E-state index < -0.39 is 41.6 Å². The van der Waals surface area contributed by atoms with Gasteiger partial charge in [0.25, 0.3) is 0 Å². The Kier molecular flexibility index (Phi) is 5.94. The highest BCUT2D eigenvalue weighted by molar-refractivity contribution is 6.32. The zero-order valence-corrected chi connectivity index (χ0v) is 20.1. The molecule has 2 unspecified atom stereocenters.